The van der Waals surface area contributed by atoms with Crippen LogP contribution in [0.15, 0.2) is 23.1 Å². The summed E-state index contributed by atoms with van der Waals surface area (Å²) in [5, 5.41) is 2.67. The first-order valence-electron chi connectivity index (χ1n) is 4.97. The number of nitrogens with one attached hydrogen (secondary N) is 1. The average molecular weight is 320 g/mol. The molecule has 1 unspecified atom stereocenters. The van der Waals surface area contributed by atoms with Gasteiger partial charge in [-0.25, -0.2) is 8.42 Å². The Balaban J connectivity index is 3.12. The van der Waals surface area contributed by atoms with Crippen molar-refractivity contribution in [2.24, 2.45) is 0 Å². The molecular weight excluding hydrogens is 306 g/mol. The zero-order chi connectivity index (χ0) is 13.2. The molecule has 6 heteroatoms. The summed E-state index contributed by atoms with van der Waals surface area (Å²) >= 11 is 3.15. The summed E-state index contributed by atoms with van der Waals surface area (Å²) in [5.74, 6) is -0.209. The monoisotopic (exact) mass is 319 g/mol. The van der Waals surface area contributed by atoms with Crippen LogP contribution in [-0.4, -0.2) is 25.4 Å². The number of alkyl halides is 1. The zero-order valence-corrected chi connectivity index (χ0v) is 12.2. The van der Waals surface area contributed by atoms with Gasteiger partial charge in [0.2, 0.25) is 5.91 Å². The first kappa shape index (κ1) is 14.2. The summed E-state index contributed by atoms with van der Waals surface area (Å²) in [6, 6.07) is 4.67. The summed E-state index contributed by atoms with van der Waals surface area (Å²) in [6.45, 7) is 3.51. The Bertz CT molecular complexity index is 538. The van der Waals surface area contributed by atoms with Crippen molar-refractivity contribution >= 4 is 37.4 Å². The molecule has 0 saturated heterocycles. The number of anilines is 1. The molecule has 94 valence electrons. The molecule has 0 aliphatic heterocycles. The number of rotatable bonds is 3. The summed E-state index contributed by atoms with van der Waals surface area (Å²) in [4.78, 5) is 11.4. The van der Waals surface area contributed by atoms with E-state index in [2.05, 4.69) is 21.2 Å². The van der Waals surface area contributed by atoms with Crippen molar-refractivity contribution in [2.45, 2.75) is 23.6 Å². The fourth-order valence-corrected chi connectivity index (χ4v) is 1.96. The highest BCUT2D eigenvalue weighted by Gasteiger charge is 2.13. The number of hydrogen-bond donors (Lipinski definition) is 1. The molecule has 0 radical (unpaired) electrons. The number of carbonyl (C=O) groups excluding carboxylic acids is 1. The summed E-state index contributed by atoms with van der Waals surface area (Å²) in [5.41, 5.74) is 1.34. The van der Waals surface area contributed by atoms with E-state index in [1.807, 2.05) is 0 Å². The Morgan fingerprint density at radius 1 is 1.41 bits per heavy atom. The highest BCUT2D eigenvalue weighted by Crippen LogP contribution is 2.20. The number of sulfone groups is 1. The zero-order valence-electron chi connectivity index (χ0n) is 9.82. The van der Waals surface area contributed by atoms with Crippen molar-refractivity contribution in [3.05, 3.63) is 23.8 Å². The third-order valence-corrected chi connectivity index (χ3v) is 3.78. The van der Waals surface area contributed by atoms with Crippen molar-refractivity contribution in [2.75, 3.05) is 11.6 Å². The molecular formula is C11H14BrNO3S. The highest BCUT2D eigenvalue weighted by atomic mass is 79.9. The molecule has 0 saturated carbocycles. The maximum absolute atomic E-state index is 11.5. The van der Waals surface area contributed by atoms with E-state index >= 15 is 0 Å². The van der Waals surface area contributed by atoms with Gasteiger partial charge in [0, 0.05) is 11.9 Å². The van der Waals surface area contributed by atoms with E-state index in [1.54, 1.807) is 19.9 Å². The van der Waals surface area contributed by atoms with Crippen molar-refractivity contribution in [1.82, 2.24) is 0 Å². The van der Waals surface area contributed by atoms with Gasteiger partial charge in [0.1, 0.15) is 0 Å². The molecule has 1 rings (SSSR count). The van der Waals surface area contributed by atoms with Gasteiger partial charge in [0.15, 0.2) is 9.84 Å². The number of hydrogen-bond acceptors (Lipinski definition) is 3. The molecule has 0 fully saturated rings. The largest absolute Gasteiger partial charge is 0.325 e. The molecule has 0 aromatic heterocycles. The fraction of sp³-hybridized carbons (Fsp3) is 0.364. The van der Waals surface area contributed by atoms with E-state index in [0.29, 0.717) is 5.69 Å². The van der Waals surface area contributed by atoms with Gasteiger partial charge in [-0.2, -0.15) is 0 Å². The lowest BCUT2D eigenvalue weighted by molar-refractivity contribution is -0.115. The molecule has 1 atom stereocenters. The lowest BCUT2D eigenvalue weighted by Crippen LogP contribution is -2.20. The summed E-state index contributed by atoms with van der Waals surface area (Å²) in [7, 11) is -3.26. The minimum atomic E-state index is -3.26. The van der Waals surface area contributed by atoms with Crippen molar-refractivity contribution in [1.29, 1.82) is 0 Å². The molecule has 1 amide bonds. The lowest BCUT2D eigenvalue weighted by Gasteiger charge is -2.11. The van der Waals surface area contributed by atoms with Gasteiger partial charge in [-0.1, -0.05) is 22.0 Å². The molecule has 0 spiro atoms. The first-order valence-corrected chi connectivity index (χ1v) is 7.78. The number of carbonyl (C=O) groups is 1. The minimum absolute atomic E-state index is 0.195. The Morgan fingerprint density at radius 2 is 2.00 bits per heavy atom. The summed E-state index contributed by atoms with van der Waals surface area (Å²) < 4.78 is 22.8. The van der Waals surface area contributed by atoms with Crippen LogP contribution >= 0.6 is 15.9 Å². The van der Waals surface area contributed by atoms with E-state index in [-0.39, 0.29) is 15.6 Å². The van der Waals surface area contributed by atoms with Gasteiger partial charge < -0.3 is 5.32 Å². The molecule has 4 nitrogen and oxygen atoms in total. The smallest absolute Gasteiger partial charge is 0.237 e. The van der Waals surface area contributed by atoms with E-state index in [4.69, 9.17) is 0 Å². The number of amides is 1. The third-order valence-electron chi connectivity index (χ3n) is 2.26. The van der Waals surface area contributed by atoms with Crippen LogP contribution in [0.2, 0.25) is 0 Å². The van der Waals surface area contributed by atoms with Crippen LogP contribution in [0.1, 0.15) is 12.5 Å². The lowest BCUT2D eigenvalue weighted by atomic mass is 10.2. The van der Waals surface area contributed by atoms with Crippen LogP contribution in [0, 0.1) is 6.92 Å². The molecule has 17 heavy (non-hydrogen) atoms. The van der Waals surface area contributed by atoms with Crippen molar-refractivity contribution in [3.8, 4) is 0 Å². The molecule has 1 aromatic carbocycles. The van der Waals surface area contributed by atoms with Crippen LogP contribution in [0.3, 0.4) is 0 Å². The normalized spacial score (nSPS) is 13.2. The number of halogens is 1. The van der Waals surface area contributed by atoms with Gasteiger partial charge in [0.25, 0.3) is 0 Å². The number of aryl methyl sites for hydroxylation is 1. The molecule has 0 bridgehead atoms. The van der Waals surface area contributed by atoms with Gasteiger partial charge in [-0.05, 0) is 31.5 Å². The topological polar surface area (TPSA) is 63.2 Å². The van der Waals surface area contributed by atoms with Crippen LogP contribution in [0.4, 0.5) is 5.69 Å². The van der Waals surface area contributed by atoms with Gasteiger partial charge in [-0.3, -0.25) is 4.79 Å². The maximum atomic E-state index is 11.5. The van der Waals surface area contributed by atoms with E-state index in [0.717, 1.165) is 11.8 Å². The SMILES string of the molecule is Cc1ccc(S(C)(=O)=O)cc1NC(=O)C(C)Br. The second kappa shape index (κ2) is 5.18. The second-order valence-corrected chi connectivity index (χ2v) is 7.24. The fourth-order valence-electron chi connectivity index (χ4n) is 1.20. The molecule has 0 aliphatic rings. The number of benzene rings is 1. The van der Waals surface area contributed by atoms with Gasteiger partial charge in [0.05, 0.1) is 9.72 Å². The van der Waals surface area contributed by atoms with Crippen molar-refractivity contribution < 1.29 is 13.2 Å². The Hall–Kier alpha value is -0.880. The average Bonchev–Trinajstić information content (AvgIpc) is 2.19. The third kappa shape index (κ3) is 3.81. The van der Waals surface area contributed by atoms with Gasteiger partial charge in [-0.15, -0.1) is 0 Å². The van der Waals surface area contributed by atoms with Crippen LogP contribution in [-0.2, 0) is 14.6 Å². The Labute approximate surface area is 109 Å². The summed E-state index contributed by atoms with van der Waals surface area (Å²) in [6.07, 6.45) is 1.14. The van der Waals surface area contributed by atoms with Crippen LogP contribution in [0.25, 0.3) is 0 Å². The highest BCUT2D eigenvalue weighted by molar-refractivity contribution is 9.10. The quantitative estimate of drug-likeness (QED) is 0.868. The van der Waals surface area contributed by atoms with E-state index < -0.39 is 9.84 Å². The van der Waals surface area contributed by atoms with E-state index in [1.165, 1.54) is 12.1 Å². The minimum Gasteiger partial charge on any atom is -0.325 e. The molecule has 0 aliphatic carbocycles. The molecule has 1 N–H and O–H groups in total. The first-order chi connectivity index (χ1) is 7.71. The Kier molecular flexibility index (Phi) is 4.32. The van der Waals surface area contributed by atoms with Crippen molar-refractivity contribution in [3.63, 3.8) is 0 Å². The predicted octanol–water partition coefficient (Wildman–Crippen LogP) is 2.12. The second-order valence-electron chi connectivity index (χ2n) is 3.85. The molecule has 0 heterocycles. The Morgan fingerprint density at radius 3 is 2.47 bits per heavy atom. The maximum Gasteiger partial charge on any atom is 0.237 e. The van der Waals surface area contributed by atoms with E-state index in [9.17, 15) is 13.2 Å². The van der Waals surface area contributed by atoms with Gasteiger partial charge >= 0.3 is 0 Å². The molecule has 1 aromatic rings. The van der Waals surface area contributed by atoms with Crippen LogP contribution in [0.5, 0.6) is 0 Å². The predicted molar refractivity (Wildman–Crippen MR) is 71.3 cm³/mol. The standard InChI is InChI=1S/C11H14BrNO3S/c1-7-4-5-9(17(3,15)16)6-10(7)13-11(14)8(2)12/h4-6,8H,1-3H3,(H,13,14). The van der Waals surface area contributed by atoms with Crippen LogP contribution < -0.4 is 5.32 Å².